The molecule has 1 aliphatic rings. The molecule has 1 aliphatic carbocycles. The second kappa shape index (κ2) is 5.67. The third-order valence-corrected chi connectivity index (χ3v) is 3.90. The van der Waals surface area contributed by atoms with E-state index in [0.717, 1.165) is 12.3 Å². The maximum absolute atomic E-state index is 4.63. The van der Waals surface area contributed by atoms with Gasteiger partial charge in [0.1, 0.15) is 0 Å². The molecule has 0 bridgehead atoms. The summed E-state index contributed by atoms with van der Waals surface area (Å²) in [5.74, 6) is 0.958. The van der Waals surface area contributed by atoms with Crippen LogP contribution in [0.15, 0.2) is 12.3 Å². The predicted octanol–water partition coefficient (Wildman–Crippen LogP) is 2.78. The van der Waals surface area contributed by atoms with Crippen LogP contribution in [-0.2, 0) is 6.42 Å². The fraction of sp³-hybridized carbons (Fsp3) is 0.786. The molecule has 0 aliphatic heterocycles. The molecule has 1 N–H and O–H groups in total. The minimum atomic E-state index is 0.461. The molecule has 3 heteroatoms. The molecule has 1 atom stereocenters. The first kappa shape index (κ1) is 12.6. The average Bonchev–Trinajstić information content (AvgIpc) is 2.70. The fourth-order valence-corrected chi connectivity index (χ4v) is 2.46. The van der Waals surface area contributed by atoms with Crippen LogP contribution in [-0.4, -0.2) is 22.9 Å². The van der Waals surface area contributed by atoms with E-state index >= 15 is 0 Å². The first-order valence-corrected chi connectivity index (χ1v) is 6.90. The lowest BCUT2D eigenvalue weighted by Gasteiger charge is -2.29. The summed E-state index contributed by atoms with van der Waals surface area (Å²) in [6.45, 7) is 4.33. The van der Waals surface area contributed by atoms with Crippen molar-refractivity contribution in [1.82, 2.24) is 15.1 Å². The Morgan fingerprint density at radius 1 is 1.47 bits per heavy atom. The molecule has 1 fully saturated rings. The van der Waals surface area contributed by atoms with Crippen LogP contribution in [0.3, 0.4) is 0 Å². The zero-order valence-corrected chi connectivity index (χ0v) is 11.3. The summed E-state index contributed by atoms with van der Waals surface area (Å²) in [6.07, 6.45) is 8.76. The smallest absolute Gasteiger partial charge is 0.0640 e. The maximum atomic E-state index is 4.63. The molecule has 96 valence electrons. The number of hydrogen-bond acceptors (Lipinski definition) is 2. The van der Waals surface area contributed by atoms with Gasteiger partial charge in [0.05, 0.1) is 5.69 Å². The van der Waals surface area contributed by atoms with Gasteiger partial charge in [-0.25, -0.2) is 0 Å². The molecule has 1 unspecified atom stereocenters. The van der Waals surface area contributed by atoms with Gasteiger partial charge in [-0.1, -0.05) is 19.3 Å². The normalized spacial score (nSPS) is 18.4. The highest BCUT2D eigenvalue weighted by Crippen LogP contribution is 2.30. The molecule has 0 spiro atoms. The highest BCUT2D eigenvalue weighted by Gasteiger charge is 2.21. The summed E-state index contributed by atoms with van der Waals surface area (Å²) in [6, 6.07) is 3.21. The quantitative estimate of drug-likeness (QED) is 0.821. The predicted molar refractivity (Wildman–Crippen MR) is 71.1 cm³/mol. The Balaban J connectivity index is 1.87. The Morgan fingerprint density at radius 2 is 2.24 bits per heavy atom. The van der Waals surface area contributed by atoms with Crippen molar-refractivity contribution in [2.45, 2.75) is 58.0 Å². The van der Waals surface area contributed by atoms with Crippen LogP contribution in [0, 0.1) is 5.92 Å². The van der Waals surface area contributed by atoms with Crippen LogP contribution in [0.1, 0.15) is 51.3 Å². The molecule has 2 rings (SSSR count). The molecule has 0 aromatic carbocycles. The van der Waals surface area contributed by atoms with Gasteiger partial charge >= 0.3 is 0 Å². The Labute approximate surface area is 105 Å². The largest absolute Gasteiger partial charge is 0.317 e. The van der Waals surface area contributed by atoms with Crippen molar-refractivity contribution >= 4 is 0 Å². The van der Waals surface area contributed by atoms with Gasteiger partial charge in [0.25, 0.3) is 0 Å². The van der Waals surface area contributed by atoms with Crippen LogP contribution < -0.4 is 5.32 Å². The van der Waals surface area contributed by atoms with E-state index in [2.05, 4.69) is 43.6 Å². The molecule has 1 saturated carbocycles. The molecule has 0 radical (unpaired) electrons. The van der Waals surface area contributed by atoms with E-state index in [1.54, 1.807) is 0 Å². The molecule has 3 nitrogen and oxygen atoms in total. The molecule has 1 aromatic rings. The average molecular weight is 235 g/mol. The van der Waals surface area contributed by atoms with Crippen molar-refractivity contribution in [3.05, 3.63) is 18.0 Å². The number of rotatable bonds is 6. The molecular weight excluding hydrogens is 210 g/mol. The molecule has 1 aromatic heterocycles. The summed E-state index contributed by atoms with van der Waals surface area (Å²) in [4.78, 5) is 0. The van der Waals surface area contributed by atoms with Crippen LogP contribution in [0.4, 0.5) is 0 Å². The van der Waals surface area contributed by atoms with Gasteiger partial charge in [0.2, 0.25) is 0 Å². The highest BCUT2D eigenvalue weighted by atomic mass is 15.3. The van der Waals surface area contributed by atoms with E-state index in [1.807, 2.05) is 4.68 Å². The molecule has 0 saturated heterocycles. The van der Waals surface area contributed by atoms with Gasteiger partial charge < -0.3 is 5.32 Å². The lowest BCUT2D eigenvalue weighted by Crippen LogP contribution is -2.32. The monoisotopic (exact) mass is 235 g/mol. The van der Waals surface area contributed by atoms with E-state index in [0.29, 0.717) is 12.1 Å². The van der Waals surface area contributed by atoms with E-state index in [4.69, 9.17) is 0 Å². The maximum Gasteiger partial charge on any atom is 0.0640 e. The Hall–Kier alpha value is -0.830. The van der Waals surface area contributed by atoms with Crippen molar-refractivity contribution < 1.29 is 0 Å². The van der Waals surface area contributed by atoms with Gasteiger partial charge in [0, 0.05) is 24.7 Å². The van der Waals surface area contributed by atoms with Crippen molar-refractivity contribution in [2.24, 2.45) is 5.92 Å². The summed E-state index contributed by atoms with van der Waals surface area (Å²) < 4.78 is 2.05. The fourth-order valence-electron chi connectivity index (χ4n) is 2.46. The minimum absolute atomic E-state index is 0.461. The number of nitrogens with zero attached hydrogens (tertiary/aromatic N) is 2. The second-order valence-electron chi connectivity index (χ2n) is 5.60. The van der Waals surface area contributed by atoms with E-state index in [1.165, 1.54) is 31.4 Å². The van der Waals surface area contributed by atoms with Crippen molar-refractivity contribution in [3.8, 4) is 0 Å². The lowest BCUT2D eigenvalue weighted by atomic mass is 9.80. The standard InChI is InChI=1S/C14H25N3/c1-11(2)17-8-7-13(16-17)10-14(15-3)9-12-5-4-6-12/h7-8,11-12,14-15H,4-6,9-10H2,1-3H3. The molecule has 0 amide bonds. The number of nitrogens with one attached hydrogen (secondary N) is 1. The van der Waals surface area contributed by atoms with E-state index < -0.39 is 0 Å². The molecule has 17 heavy (non-hydrogen) atoms. The van der Waals surface area contributed by atoms with Gasteiger partial charge in [0.15, 0.2) is 0 Å². The van der Waals surface area contributed by atoms with E-state index in [-0.39, 0.29) is 0 Å². The summed E-state index contributed by atoms with van der Waals surface area (Å²) in [5.41, 5.74) is 1.22. The number of aromatic nitrogens is 2. The van der Waals surface area contributed by atoms with Crippen LogP contribution in [0.25, 0.3) is 0 Å². The first-order chi connectivity index (χ1) is 8.19. The van der Waals surface area contributed by atoms with Gasteiger partial charge in [-0.05, 0) is 39.3 Å². The van der Waals surface area contributed by atoms with Gasteiger partial charge in [-0.2, -0.15) is 5.10 Å². The van der Waals surface area contributed by atoms with Crippen molar-refractivity contribution in [1.29, 1.82) is 0 Å². The summed E-state index contributed by atoms with van der Waals surface area (Å²) in [7, 11) is 2.07. The number of hydrogen-bond donors (Lipinski definition) is 1. The van der Waals surface area contributed by atoms with Gasteiger partial charge in [-0.3, -0.25) is 4.68 Å². The van der Waals surface area contributed by atoms with Gasteiger partial charge in [-0.15, -0.1) is 0 Å². The SMILES string of the molecule is CNC(Cc1ccn(C(C)C)n1)CC1CCC1. The van der Waals surface area contributed by atoms with Crippen LogP contribution in [0.5, 0.6) is 0 Å². The van der Waals surface area contributed by atoms with Crippen molar-refractivity contribution in [3.63, 3.8) is 0 Å². The van der Waals surface area contributed by atoms with Crippen molar-refractivity contribution in [2.75, 3.05) is 7.05 Å². The second-order valence-corrected chi connectivity index (χ2v) is 5.60. The zero-order valence-electron chi connectivity index (χ0n) is 11.3. The number of likely N-dealkylation sites (N-methyl/N-ethyl adjacent to an activating group) is 1. The Morgan fingerprint density at radius 3 is 2.71 bits per heavy atom. The minimum Gasteiger partial charge on any atom is -0.317 e. The summed E-state index contributed by atoms with van der Waals surface area (Å²) in [5, 5.41) is 8.06. The van der Waals surface area contributed by atoms with Crippen LogP contribution >= 0.6 is 0 Å². The molecular formula is C14H25N3. The molecule has 1 heterocycles. The first-order valence-electron chi connectivity index (χ1n) is 6.90. The third-order valence-electron chi connectivity index (χ3n) is 3.90. The highest BCUT2D eigenvalue weighted by molar-refractivity contribution is 5.02. The Bertz CT molecular complexity index is 339. The van der Waals surface area contributed by atoms with Crippen LogP contribution in [0.2, 0.25) is 0 Å². The topological polar surface area (TPSA) is 29.9 Å². The third kappa shape index (κ3) is 3.32. The Kier molecular flexibility index (Phi) is 4.21. The summed E-state index contributed by atoms with van der Waals surface area (Å²) >= 11 is 0. The van der Waals surface area contributed by atoms with E-state index in [9.17, 15) is 0 Å². The lowest BCUT2D eigenvalue weighted by molar-refractivity contribution is 0.263. The zero-order chi connectivity index (χ0) is 12.3.